The summed E-state index contributed by atoms with van der Waals surface area (Å²) in [5.74, 6) is 0. The number of rotatable bonds is 2. The van der Waals surface area contributed by atoms with E-state index in [0.29, 0.717) is 14.5 Å². The molecule has 0 spiro atoms. The standard InChI is InChI=1S/C31H23N2Se/c1-20-17-31-21(15-16-34-31)18-25(20)29-19-30(24-11-5-6-12-26(24)32(29)2)33-27-13-7-3-9-22(27)23-10-4-8-14-28(23)33/h3-19H,1-2H3/q+1. The molecular formula is C31H23N2Se+. The zero-order valence-electron chi connectivity index (χ0n) is 19.1. The van der Waals surface area contributed by atoms with E-state index < -0.39 is 0 Å². The average Bonchev–Trinajstić information content (AvgIpc) is 3.46. The Hall–Kier alpha value is -3.65. The Morgan fingerprint density at radius 2 is 1.35 bits per heavy atom. The first-order valence-electron chi connectivity index (χ1n) is 11.6. The molecule has 3 heterocycles. The predicted molar refractivity (Wildman–Crippen MR) is 144 cm³/mol. The molecule has 0 unspecified atom stereocenters. The molecule has 7 rings (SSSR count). The second-order valence-electron chi connectivity index (χ2n) is 8.99. The fourth-order valence-electron chi connectivity index (χ4n) is 5.43. The van der Waals surface area contributed by atoms with Crippen LogP contribution in [0.25, 0.3) is 59.3 Å². The summed E-state index contributed by atoms with van der Waals surface area (Å²) in [7, 11) is 2.19. The number of hydrogen-bond acceptors (Lipinski definition) is 0. The number of benzene rings is 4. The molecule has 0 saturated carbocycles. The van der Waals surface area contributed by atoms with Gasteiger partial charge in [-0.05, 0) is 0 Å². The van der Waals surface area contributed by atoms with Gasteiger partial charge in [0.25, 0.3) is 0 Å². The van der Waals surface area contributed by atoms with E-state index in [1.807, 2.05) is 0 Å². The third-order valence-corrected chi connectivity index (χ3v) is 8.92. The number of hydrogen-bond donors (Lipinski definition) is 0. The summed E-state index contributed by atoms with van der Waals surface area (Å²) < 4.78 is 6.29. The van der Waals surface area contributed by atoms with Gasteiger partial charge in [0.05, 0.1) is 0 Å². The first kappa shape index (κ1) is 19.8. The van der Waals surface area contributed by atoms with E-state index in [1.54, 1.807) is 0 Å². The van der Waals surface area contributed by atoms with Crippen LogP contribution in [0.5, 0.6) is 0 Å². The summed E-state index contributed by atoms with van der Waals surface area (Å²) >= 11 is 0.457. The van der Waals surface area contributed by atoms with Gasteiger partial charge in [-0.3, -0.25) is 0 Å². The molecule has 7 aromatic rings. The Kier molecular flexibility index (Phi) is 4.32. The van der Waals surface area contributed by atoms with Crippen molar-refractivity contribution in [1.82, 2.24) is 4.57 Å². The summed E-state index contributed by atoms with van der Waals surface area (Å²) in [5, 5.41) is 5.20. The number of fused-ring (bicyclic) bond motifs is 5. The monoisotopic (exact) mass is 503 g/mol. The maximum absolute atomic E-state index is 2.45. The molecular weight excluding hydrogens is 479 g/mol. The van der Waals surface area contributed by atoms with Crippen LogP contribution in [-0.4, -0.2) is 19.1 Å². The van der Waals surface area contributed by atoms with Gasteiger partial charge in [0.2, 0.25) is 0 Å². The third-order valence-electron chi connectivity index (χ3n) is 7.07. The van der Waals surface area contributed by atoms with Crippen molar-refractivity contribution in [2.45, 2.75) is 6.92 Å². The topological polar surface area (TPSA) is 8.81 Å². The van der Waals surface area contributed by atoms with Gasteiger partial charge in [0, 0.05) is 0 Å². The Morgan fingerprint density at radius 3 is 2.09 bits per heavy atom. The summed E-state index contributed by atoms with van der Waals surface area (Å²) in [5.41, 5.74) is 8.82. The second kappa shape index (κ2) is 7.43. The van der Waals surface area contributed by atoms with Crippen LogP contribution in [0.4, 0.5) is 0 Å². The van der Waals surface area contributed by atoms with Crippen molar-refractivity contribution in [3.05, 3.63) is 108 Å². The molecule has 3 heteroatoms. The summed E-state index contributed by atoms with van der Waals surface area (Å²) in [6.07, 6.45) is 0. The van der Waals surface area contributed by atoms with Crippen molar-refractivity contribution in [3.63, 3.8) is 0 Å². The molecule has 0 bridgehead atoms. The van der Waals surface area contributed by atoms with Crippen molar-refractivity contribution in [1.29, 1.82) is 0 Å². The Labute approximate surface area is 204 Å². The first-order chi connectivity index (χ1) is 16.7. The zero-order chi connectivity index (χ0) is 22.8. The average molecular weight is 502 g/mol. The van der Waals surface area contributed by atoms with E-state index in [0.717, 1.165) is 0 Å². The normalized spacial score (nSPS) is 11.8. The number of aromatic nitrogens is 2. The maximum atomic E-state index is 2.45. The van der Waals surface area contributed by atoms with Gasteiger partial charge in [0.1, 0.15) is 0 Å². The molecule has 162 valence electrons. The van der Waals surface area contributed by atoms with Gasteiger partial charge in [-0.2, -0.15) is 0 Å². The Morgan fingerprint density at radius 1 is 0.706 bits per heavy atom. The molecule has 0 radical (unpaired) electrons. The minimum absolute atomic E-state index is 0.457. The second-order valence-corrected chi connectivity index (χ2v) is 11.0. The van der Waals surface area contributed by atoms with E-state index >= 15 is 0 Å². The number of nitrogens with zero attached hydrogens (tertiary/aromatic N) is 2. The first-order valence-corrected chi connectivity index (χ1v) is 13.4. The molecule has 0 amide bonds. The molecule has 2 nitrogen and oxygen atoms in total. The van der Waals surface area contributed by atoms with Gasteiger partial charge in [-0.15, -0.1) is 0 Å². The summed E-state index contributed by atoms with van der Waals surface area (Å²) in [4.78, 5) is 2.32. The molecule has 0 aliphatic rings. The quantitative estimate of drug-likeness (QED) is 0.179. The van der Waals surface area contributed by atoms with Crippen LogP contribution in [0.1, 0.15) is 5.56 Å². The number of pyridine rings is 1. The van der Waals surface area contributed by atoms with Crippen molar-refractivity contribution in [2.24, 2.45) is 7.05 Å². The van der Waals surface area contributed by atoms with E-state index in [2.05, 4.69) is 125 Å². The van der Waals surface area contributed by atoms with E-state index in [1.165, 1.54) is 64.9 Å². The van der Waals surface area contributed by atoms with Crippen molar-refractivity contribution in [3.8, 4) is 16.9 Å². The zero-order valence-corrected chi connectivity index (χ0v) is 20.8. The predicted octanol–water partition coefficient (Wildman–Crippen LogP) is 6.95. The molecule has 34 heavy (non-hydrogen) atoms. The van der Waals surface area contributed by atoms with Crippen molar-refractivity contribution >= 4 is 56.9 Å². The molecule has 0 aliphatic carbocycles. The van der Waals surface area contributed by atoms with E-state index in [4.69, 9.17) is 0 Å². The number of para-hydroxylation sites is 3. The van der Waals surface area contributed by atoms with Crippen LogP contribution in [0.3, 0.4) is 0 Å². The van der Waals surface area contributed by atoms with Gasteiger partial charge in [0.15, 0.2) is 0 Å². The van der Waals surface area contributed by atoms with Gasteiger partial charge < -0.3 is 0 Å². The third kappa shape index (κ3) is 2.78. The van der Waals surface area contributed by atoms with Gasteiger partial charge >= 0.3 is 204 Å². The SMILES string of the molecule is Cc1cc2[se]ccc2cc1-c1cc(-n2c3ccccc3c3ccccc32)c2ccccc2[n+]1C. The minimum atomic E-state index is 0.457. The molecule has 3 aromatic heterocycles. The van der Waals surface area contributed by atoms with Crippen LogP contribution < -0.4 is 4.57 Å². The molecule has 4 aromatic carbocycles. The van der Waals surface area contributed by atoms with Crippen LogP contribution in [0.15, 0.2) is 102 Å². The fraction of sp³-hybridized carbons (Fsp3) is 0.0645. The molecule has 0 atom stereocenters. The summed E-state index contributed by atoms with van der Waals surface area (Å²) in [6.45, 7) is 2.25. The molecule has 0 N–H and O–H groups in total. The van der Waals surface area contributed by atoms with Gasteiger partial charge in [-0.25, -0.2) is 0 Å². The Bertz CT molecular complexity index is 1830. The summed E-state index contributed by atoms with van der Waals surface area (Å²) in [6, 6.07) is 35.7. The van der Waals surface area contributed by atoms with E-state index in [9.17, 15) is 0 Å². The van der Waals surface area contributed by atoms with Crippen molar-refractivity contribution < 1.29 is 4.57 Å². The molecule has 0 aliphatic heterocycles. The Balaban J connectivity index is 1.65. The van der Waals surface area contributed by atoms with Crippen LogP contribution >= 0.6 is 0 Å². The van der Waals surface area contributed by atoms with Crippen LogP contribution in [-0.2, 0) is 7.05 Å². The number of aryl methyl sites for hydroxylation is 2. The van der Waals surface area contributed by atoms with Crippen LogP contribution in [0, 0.1) is 6.92 Å². The molecule has 0 fully saturated rings. The molecule has 0 saturated heterocycles. The van der Waals surface area contributed by atoms with Crippen molar-refractivity contribution in [2.75, 3.05) is 0 Å². The van der Waals surface area contributed by atoms with Crippen LogP contribution in [0.2, 0.25) is 0 Å². The fourth-order valence-corrected chi connectivity index (χ4v) is 7.25. The van der Waals surface area contributed by atoms with Gasteiger partial charge in [-0.1, -0.05) is 0 Å². The van der Waals surface area contributed by atoms with E-state index in [-0.39, 0.29) is 0 Å².